The maximum atomic E-state index is 14.0. The Morgan fingerprint density at radius 2 is 1.63 bits per heavy atom. The van der Waals surface area contributed by atoms with Gasteiger partial charge in [0.25, 0.3) is 5.91 Å². The Balaban J connectivity index is 1.23. The van der Waals surface area contributed by atoms with Crippen molar-refractivity contribution in [3.8, 4) is 12.3 Å². The summed E-state index contributed by atoms with van der Waals surface area (Å²) in [5.41, 5.74) is 2.38. The molecule has 2 aromatic carbocycles. The molecule has 4 aliphatic rings. The number of nitrogens with zero attached hydrogens (tertiary/aromatic N) is 2. The third-order valence-corrected chi connectivity index (χ3v) is 10.3. The number of aliphatic hydroxyl groups is 1. The van der Waals surface area contributed by atoms with E-state index in [2.05, 4.69) is 16.6 Å². The minimum atomic E-state index is -1.06. The summed E-state index contributed by atoms with van der Waals surface area (Å²) in [4.78, 5) is 56.0. The Labute approximate surface area is 271 Å². The molecular weight excluding hydrogens is 580 g/mol. The van der Waals surface area contributed by atoms with Crippen molar-refractivity contribution < 1.29 is 24.3 Å². The standard InChI is InChI=1S/C37H44N4O5/c1-2-8-27(36(45)38-31-19-25-13-14-26(31)17-25)22-33(42)32(18-24-9-4-3-5-10-24)39-37(46)28-20-29(40-15-6-11-34(40)43)23-30(21-28)41-16-7-12-35(41)44/h1,3-5,9-10,20-21,23,25-27,31-33,42H,6-8,11-19,22H2,(H,38,45)(H,39,46)/t25?,26?,27-,31?,32?,33+/m1/s1. The van der Waals surface area contributed by atoms with Gasteiger partial charge in [0.05, 0.1) is 18.1 Å². The van der Waals surface area contributed by atoms with Gasteiger partial charge in [-0.2, -0.15) is 0 Å². The van der Waals surface area contributed by atoms with Gasteiger partial charge in [0.1, 0.15) is 0 Å². The normalized spacial score (nSPS) is 24.1. The van der Waals surface area contributed by atoms with E-state index in [-0.39, 0.29) is 36.6 Å². The van der Waals surface area contributed by atoms with Gasteiger partial charge in [-0.25, -0.2) is 0 Å². The quantitative estimate of drug-likeness (QED) is 0.309. The Morgan fingerprint density at radius 1 is 0.957 bits per heavy atom. The second-order valence-corrected chi connectivity index (χ2v) is 13.5. The average Bonchev–Trinajstić information content (AvgIpc) is 3.87. The number of aliphatic hydroxyl groups excluding tert-OH is 1. The number of rotatable bonds is 12. The third-order valence-electron chi connectivity index (χ3n) is 10.3. The first kappa shape index (κ1) is 31.8. The molecule has 4 amide bonds. The highest BCUT2D eigenvalue weighted by molar-refractivity contribution is 6.03. The van der Waals surface area contributed by atoms with Gasteiger partial charge in [0.2, 0.25) is 17.7 Å². The average molecular weight is 625 g/mol. The van der Waals surface area contributed by atoms with Gasteiger partial charge in [-0.1, -0.05) is 36.8 Å². The molecule has 2 aliphatic heterocycles. The molecule has 0 aromatic heterocycles. The lowest BCUT2D eigenvalue weighted by molar-refractivity contribution is -0.127. The fraction of sp³-hybridized carbons (Fsp3) is 0.514. The topological polar surface area (TPSA) is 119 Å². The number of anilines is 2. The number of terminal acetylenes is 1. The first-order valence-corrected chi connectivity index (χ1v) is 16.8. The van der Waals surface area contributed by atoms with E-state index in [9.17, 15) is 24.3 Å². The number of hydrogen-bond donors (Lipinski definition) is 3. The number of carbonyl (C=O) groups excluding carboxylic acids is 4. The van der Waals surface area contributed by atoms with Crippen molar-refractivity contribution in [1.82, 2.24) is 10.6 Å². The lowest BCUT2D eigenvalue weighted by Crippen LogP contribution is -2.48. The minimum absolute atomic E-state index is 0.0168. The van der Waals surface area contributed by atoms with E-state index in [1.807, 2.05) is 30.3 Å². The molecule has 2 bridgehead atoms. The second-order valence-electron chi connectivity index (χ2n) is 13.5. The smallest absolute Gasteiger partial charge is 0.251 e. The Kier molecular flexibility index (Phi) is 9.74. The predicted molar refractivity (Wildman–Crippen MR) is 176 cm³/mol. The summed E-state index contributed by atoms with van der Waals surface area (Å²) in [6.07, 6.45) is 12.1. The molecule has 3 N–H and O–H groups in total. The minimum Gasteiger partial charge on any atom is -0.391 e. The van der Waals surface area contributed by atoms with Crippen LogP contribution in [-0.2, 0) is 20.8 Å². The van der Waals surface area contributed by atoms with E-state index in [1.165, 1.54) is 12.8 Å². The molecule has 6 atom stereocenters. The number of carbonyl (C=O) groups is 4. The molecule has 46 heavy (non-hydrogen) atoms. The number of hydrogen-bond acceptors (Lipinski definition) is 5. The van der Waals surface area contributed by atoms with Crippen molar-refractivity contribution in [2.24, 2.45) is 17.8 Å². The monoisotopic (exact) mass is 624 g/mol. The number of amides is 4. The molecule has 0 spiro atoms. The van der Waals surface area contributed by atoms with Crippen LogP contribution in [0.5, 0.6) is 0 Å². The van der Waals surface area contributed by atoms with Crippen molar-refractivity contribution in [2.75, 3.05) is 22.9 Å². The maximum Gasteiger partial charge on any atom is 0.251 e. The molecule has 2 saturated heterocycles. The Morgan fingerprint density at radius 3 is 2.17 bits per heavy atom. The number of fused-ring (bicyclic) bond motifs is 2. The van der Waals surface area contributed by atoms with E-state index < -0.39 is 24.0 Å². The maximum absolute atomic E-state index is 14.0. The van der Waals surface area contributed by atoms with Gasteiger partial charge in [0, 0.05) is 55.3 Å². The largest absolute Gasteiger partial charge is 0.391 e. The van der Waals surface area contributed by atoms with Gasteiger partial charge in [-0.05, 0) is 80.5 Å². The van der Waals surface area contributed by atoms with Crippen LogP contribution in [0.4, 0.5) is 11.4 Å². The molecular formula is C37H44N4O5. The highest BCUT2D eigenvalue weighted by Gasteiger charge is 2.41. The third kappa shape index (κ3) is 7.13. The lowest BCUT2D eigenvalue weighted by atomic mass is 9.89. The van der Waals surface area contributed by atoms with Crippen molar-refractivity contribution >= 4 is 35.0 Å². The van der Waals surface area contributed by atoms with Crippen molar-refractivity contribution in [1.29, 1.82) is 0 Å². The summed E-state index contributed by atoms with van der Waals surface area (Å²) in [7, 11) is 0. The van der Waals surface area contributed by atoms with Crippen LogP contribution in [0, 0.1) is 30.1 Å². The number of benzene rings is 2. The summed E-state index contributed by atoms with van der Waals surface area (Å²) in [6.45, 7) is 1.10. The highest BCUT2D eigenvalue weighted by atomic mass is 16.3. The van der Waals surface area contributed by atoms with Gasteiger partial charge in [-0.3, -0.25) is 19.2 Å². The summed E-state index contributed by atoms with van der Waals surface area (Å²) >= 11 is 0. The molecule has 4 unspecified atom stereocenters. The molecule has 242 valence electrons. The Hall–Kier alpha value is -4.16. The molecule has 2 aliphatic carbocycles. The fourth-order valence-corrected chi connectivity index (χ4v) is 7.89. The van der Waals surface area contributed by atoms with Crippen molar-refractivity contribution in [2.45, 2.75) is 88.8 Å². The Bertz CT molecular complexity index is 1460. The zero-order valence-corrected chi connectivity index (χ0v) is 26.3. The first-order valence-electron chi connectivity index (χ1n) is 16.8. The van der Waals surface area contributed by atoms with Crippen LogP contribution in [0.25, 0.3) is 0 Å². The van der Waals surface area contributed by atoms with Gasteiger partial charge >= 0.3 is 0 Å². The SMILES string of the molecule is C#CC[C@H](C[C@H](O)C(Cc1ccccc1)NC(=O)c1cc(N2CCCC2=O)cc(N2CCCC2=O)c1)C(=O)NC1CC2CCC1C2. The van der Waals surface area contributed by atoms with E-state index in [1.54, 1.807) is 28.0 Å². The molecule has 9 heteroatoms. The van der Waals surface area contributed by atoms with E-state index in [0.29, 0.717) is 61.1 Å². The summed E-state index contributed by atoms with van der Waals surface area (Å²) < 4.78 is 0. The van der Waals surface area contributed by atoms with E-state index in [0.717, 1.165) is 31.2 Å². The number of nitrogens with one attached hydrogen (secondary N) is 2. The van der Waals surface area contributed by atoms with Crippen LogP contribution in [-0.4, -0.2) is 60.0 Å². The second kappa shape index (κ2) is 14.1. The molecule has 2 aromatic rings. The van der Waals surface area contributed by atoms with Gasteiger partial charge < -0.3 is 25.5 Å². The van der Waals surface area contributed by atoms with Crippen LogP contribution in [0.1, 0.15) is 80.1 Å². The molecule has 2 saturated carbocycles. The van der Waals surface area contributed by atoms with Crippen LogP contribution in [0.2, 0.25) is 0 Å². The van der Waals surface area contributed by atoms with E-state index in [4.69, 9.17) is 6.42 Å². The van der Waals surface area contributed by atoms with Crippen LogP contribution in [0.3, 0.4) is 0 Å². The van der Waals surface area contributed by atoms with Crippen molar-refractivity contribution in [3.63, 3.8) is 0 Å². The van der Waals surface area contributed by atoms with E-state index >= 15 is 0 Å². The molecule has 6 rings (SSSR count). The van der Waals surface area contributed by atoms with Crippen LogP contribution < -0.4 is 20.4 Å². The first-order chi connectivity index (χ1) is 22.3. The summed E-state index contributed by atoms with van der Waals surface area (Å²) in [5.74, 6) is 2.63. The molecule has 9 nitrogen and oxygen atoms in total. The highest BCUT2D eigenvalue weighted by Crippen LogP contribution is 2.44. The zero-order valence-electron chi connectivity index (χ0n) is 26.3. The van der Waals surface area contributed by atoms with Crippen LogP contribution in [0.15, 0.2) is 48.5 Å². The molecule has 0 radical (unpaired) electrons. The fourth-order valence-electron chi connectivity index (χ4n) is 7.89. The molecule has 4 fully saturated rings. The van der Waals surface area contributed by atoms with Gasteiger partial charge in [-0.15, -0.1) is 12.3 Å². The summed E-state index contributed by atoms with van der Waals surface area (Å²) in [5, 5.41) is 17.9. The lowest BCUT2D eigenvalue weighted by Gasteiger charge is -2.29. The van der Waals surface area contributed by atoms with Gasteiger partial charge in [0.15, 0.2) is 0 Å². The predicted octanol–water partition coefficient (Wildman–Crippen LogP) is 3.98. The molecule has 2 heterocycles. The summed E-state index contributed by atoms with van der Waals surface area (Å²) in [6, 6.07) is 14.2. The zero-order chi connectivity index (χ0) is 32.2. The van der Waals surface area contributed by atoms with Crippen LogP contribution >= 0.6 is 0 Å². The van der Waals surface area contributed by atoms with Crippen molar-refractivity contribution in [3.05, 3.63) is 59.7 Å².